The highest BCUT2D eigenvalue weighted by atomic mass is 16.2. The van der Waals surface area contributed by atoms with Crippen molar-refractivity contribution in [2.24, 2.45) is 0 Å². The predicted octanol–water partition coefficient (Wildman–Crippen LogP) is 6.00. The van der Waals surface area contributed by atoms with Gasteiger partial charge in [-0.15, -0.1) is 0 Å². The molecule has 0 saturated carbocycles. The maximum atomic E-state index is 14.1. The number of fused-ring (bicyclic) bond motifs is 3. The highest BCUT2D eigenvalue weighted by Gasteiger charge is 2.63. The summed E-state index contributed by atoms with van der Waals surface area (Å²) in [6, 6.07) is 14.8. The fourth-order valence-corrected chi connectivity index (χ4v) is 6.81. The van der Waals surface area contributed by atoms with Gasteiger partial charge < -0.3 is 15.0 Å². The van der Waals surface area contributed by atoms with Gasteiger partial charge in [0.2, 0.25) is 0 Å². The Morgan fingerprint density at radius 2 is 2.03 bits per heavy atom. The number of nitrogens with one attached hydrogen (secondary N) is 1. The van der Waals surface area contributed by atoms with E-state index >= 15 is 0 Å². The molecule has 1 unspecified atom stereocenters. The van der Waals surface area contributed by atoms with E-state index in [0.29, 0.717) is 12.5 Å². The molecular weight excluding hydrogens is 460 g/mol. The lowest BCUT2D eigenvalue weighted by atomic mass is 9.93. The third-order valence-corrected chi connectivity index (χ3v) is 8.74. The number of allylic oxidation sites excluding steroid dienone is 3. The van der Waals surface area contributed by atoms with Gasteiger partial charge in [0, 0.05) is 44.2 Å². The number of aryl methyl sites for hydroxylation is 1. The minimum Gasteiger partial charge on any atom is -0.344 e. The molecule has 192 valence electrons. The summed E-state index contributed by atoms with van der Waals surface area (Å²) in [6.45, 7) is 6.89. The summed E-state index contributed by atoms with van der Waals surface area (Å²) in [6.07, 6.45) is 12.2. The van der Waals surface area contributed by atoms with Crippen LogP contribution >= 0.6 is 0 Å². The molecule has 2 fully saturated rings. The fourth-order valence-electron chi connectivity index (χ4n) is 6.81. The average molecular weight is 497 g/mol. The SMILES string of the molecule is CCC(CC=O)c1ccc2c(c1)N(C(=O)Nc1ccc(C)cc1)[C@@]13C[C@@H](CN21)N(CC1=CC=CCC1)C3. The predicted molar refractivity (Wildman–Crippen MR) is 149 cm³/mol. The minimum atomic E-state index is -0.391. The van der Waals surface area contributed by atoms with Crippen molar-refractivity contribution in [2.45, 2.75) is 63.6 Å². The summed E-state index contributed by atoms with van der Waals surface area (Å²) in [7, 11) is 0. The zero-order chi connectivity index (χ0) is 25.6. The number of rotatable bonds is 7. The first-order chi connectivity index (χ1) is 18.0. The van der Waals surface area contributed by atoms with Crippen LogP contribution in [0.2, 0.25) is 0 Å². The number of urea groups is 1. The lowest BCUT2D eigenvalue weighted by Gasteiger charge is -2.42. The highest BCUT2D eigenvalue weighted by Crippen LogP contribution is 2.55. The molecule has 37 heavy (non-hydrogen) atoms. The van der Waals surface area contributed by atoms with Crippen molar-refractivity contribution in [1.82, 2.24) is 4.90 Å². The zero-order valence-corrected chi connectivity index (χ0v) is 21.8. The van der Waals surface area contributed by atoms with Gasteiger partial charge in [-0.3, -0.25) is 9.80 Å². The normalized spacial score (nSPS) is 24.6. The molecular formula is C31H36N4O2. The van der Waals surface area contributed by atoms with E-state index in [2.05, 4.69) is 58.5 Å². The van der Waals surface area contributed by atoms with Crippen molar-refractivity contribution in [3.05, 3.63) is 77.4 Å². The quantitative estimate of drug-likeness (QED) is 0.478. The standard InChI is InChI=1S/C31H36N4O2/c1-3-24(15-16-36)25-11-14-28-29(17-25)35(30(37)32-26-12-9-22(2)10-13-26)31-18-27(20-34(28)31)33(21-31)19-23-7-5-4-6-8-23/h4-5,7,9-14,16-17,24,27H,3,6,8,15,18-21H2,1-2H3,(H,32,37)/t24?,27-,31+/m0/s1. The first-order valence-electron chi connectivity index (χ1n) is 13.6. The Morgan fingerprint density at radius 1 is 1.19 bits per heavy atom. The van der Waals surface area contributed by atoms with Gasteiger partial charge in [0.05, 0.1) is 11.4 Å². The number of hydrogen-bond donors (Lipinski definition) is 1. The number of piperazine rings is 1. The van der Waals surface area contributed by atoms with Crippen LogP contribution in [0.15, 0.2) is 66.3 Å². The van der Waals surface area contributed by atoms with Crippen LogP contribution in [0, 0.1) is 6.92 Å². The van der Waals surface area contributed by atoms with Gasteiger partial charge in [0.1, 0.15) is 11.9 Å². The summed E-state index contributed by atoms with van der Waals surface area (Å²) in [5, 5.41) is 3.19. The Balaban J connectivity index is 1.36. The molecule has 2 bridgehead atoms. The maximum absolute atomic E-state index is 14.1. The van der Waals surface area contributed by atoms with E-state index in [0.717, 1.165) is 79.8 Å². The van der Waals surface area contributed by atoms with Crippen molar-refractivity contribution < 1.29 is 9.59 Å². The van der Waals surface area contributed by atoms with E-state index in [1.165, 1.54) is 5.57 Å². The van der Waals surface area contributed by atoms with Crippen LogP contribution in [0.3, 0.4) is 0 Å². The summed E-state index contributed by atoms with van der Waals surface area (Å²) in [4.78, 5) is 32.5. The Hall–Kier alpha value is -3.38. The molecule has 1 aliphatic carbocycles. The Kier molecular flexibility index (Phi) is 6.15. The van der Waals surface area contributed by atoms with E-state index in [1.54, 1.807) is 0 Å². The van der Waals surface area contributed by atoms with Crippen LogP contribution in [0.25, 0.3) is 0 Å². The molecule has 3 heterocycles. The van der Waals surface area contributed by atoms with Crippen molar-refractivity contribution in [1.29, 1.82) is 0 Å². The van der Waals surface area contributed by atoms with Gasteiger partial charge >= 0.3 is 6.03 Å². The van der Waals surface area contributed by atoms with Crippen LogP contribution in [0.4, 0.5) is 21.9 Å². The Morgan fingerprint density at radius 3 is 2.76 bits per heavy atom. The Bertz CT molecular complexity index is 1270. The van der Waals surface area contributed by atoms with E-state index in [9.17, 15) is 9.59 Å². The summed E-state index contributed by atoms with van der Waals surface area (Å²) >= 11 is 0. The van der Waals surface area contributed by atoms with Gasteiger partial charge in [0.15, 0.2) is 0 Å². The second-order valence-electron chi connectivity index (χ2n) is 11.0. The molecule has 6 heteroatoms. The number of anilines is 3. The van der Waals surface area contributed by atoms with Crippen LogP contribution in [-0.4, -0.2) is 48.6 Å². The molecule has 0 aromatic heterocycles. The number of benzene rings is 2. The summed E-state index contributed by atoms with van der Waals surface area (Å²) < 4.78 is 0. The van der Waals surface area contributed by atoms with Gasteiger partial charge in [-0.2, -0.15) is 0 Å². The van der Waals surface area contributed by atoms with E-state index in [-0.39, 0.29) is 11.9 Å². The van der Waals surface area contributed by atoms with Crippen LogP contribution < -0.4 is 15.1 Å². The number of carbonyl (C=O) groups is 2. The smallest absolute Gasteiger partial charge is 0.328 e. The lowest BCUT2D eigenvalue weighted by Crippen LogP contribution is -2.62. The topological polar surface area (TPSA) is 55.9 Å². The van der Waals surface area contributed by atoms with Crippen LogP contribution in [-0.2, 0) is 4.79 Å². The van der Waals surface area contributed by atoms with E-state index in [4.69, 9.17) is 0 Å². The molecule has 2 aromatic rings. The fraction of sp³-hybridized carbons (Fsp3) is 0.419. The van der Waals surface area contributed by atoms with Crippen LogP contribution in [0.5, 0.6) is 0 Å². The molecule has 2 aromatic carbocycles. The monoisotopic (exact) mass is 496 g/mol. The largest absolute Gasteiger partial charge is 0.344 e. The third-order valence-electron chi connectivity index (χ3n) is 8.74. The number of amides is 2. The minimum absolute atomic E-state index is 0.0875. The average Bonchev–Trinajstić information content (AvgIpc) is 3.53. The first-order valence-corrected chi connectivity index (χ1v) is 13.6. The van der Waals surface area contributed by atoms with Gasteiger partial charge in [0.25, 0.3) is 0 Å². The van der Waals surface area contributed by atoms with Gasteiger partial charge in [-0.05, 0) is 61.9 Å². The van der Waals surface area contributed by atoms with Gasteiger partial charge in [-0.1, -0.05) is 54.5 Å². The highest BCUT2D eigenvalue weighted by molar-refractivity contribution is 6.08. The molecule has 3 aliphatic heterocycles. The second-order valence-corrected chi connectivity index (χ2v) is 11.0. The van der Waals surface area contributed by atoms with E-state index in [1.807, 2.05) is 36.1 Å². The number of likely N-dealkylation sites (tertiary alicyclic amines) is 1. The lowest BCUT2D eigenvalue weighted by molar-refractivity contribution is -0.108. The summed E-state index contributed by atoms with van der Waals surface area (Å²) in [5.74, 6) is 0.164. The number of nitrogens with zero attached hydrogens (tertiary/aromatic N) is 3. The number of hydrogen-bond acceptors (Lipinski definition) is 4. The van der Waals surface area contributed by atoms with Crippen molar-refractivity contribution >= 4 is 29.4 Å². The molecule has 4 aliphatic rings. The summed E-state index contributed by atoms with van der Waals surface area (Å²) in [5.41, 5.74) is 6.28. The molecule has 6 nitrogen and oxygen atoms in total. The second kappa shape index (κ2) is 9.49. The molecule has 6 rings (SSSR count). The zero-order valence-electron chi connectivity index (χ0n) is 21.8. The molecule has 2 amide bonds. The maximum Gasteiger partial charge on any atom is 0.328 e. The first kappa shape index (κ1) is 24.0. The number of aldehydes is 1. The van der Waals surface area contributed by atoms with Crippen LogP contribution in [0.1, 0.15) is 56.1 Å². The molecule has 0 radical (unpaired) electrons. The molecule has 1 spiro atoms. The van der Waals surface area contributed by atoms with Crippen molar-refractivity contribution in [2.75, 3.05) is 34.8 Å². The third kappa shape index (κ3) is 4.08. The molecule has 1 N–H and O–H groups in total. The van der Waals surface area contributed by atoms with Crippen molar-refractivity contribution in [3.8, 4) is 0 Å². The number of carbonyl (C=O) groups excluding carboxylic acids is 2. The molecule has 2 saturated heterocycles. The molecule has 3 atom stereocenters. The Labute approximate surface area is 219 Å². The van der Waals surface area contributed by atoms with Gasteiger partial charge in [-0.25, -0.2) is 4.79 Å². The van der Waals surface area contributed by atoms with E-state index < -0.39 is 5.66 Å². The van der Waals surface area contributed by atoms with Crippen molar-refractivity contribution in [3.63, 3.8) is 0 Å².